The lowest BCUT2D eigenvalue weighted by molar-refractivity contribution is 0.111. The number of fused-ring (bicyclic) bond motifs is 8. The van der Waals surface area contributed by atoms with Crippen molar-refractivity contribution in [1.29, 1.82) is 0 Å². The molecule has 6 nitrogen and oxygen atoms in total. The third-order valence-corrected chi connectivity index (χ3v) is 9.00. The first kappa shape index (κ1) is 32.8. The summed E-state index contributed by atoms with van der Waals surface area (Å²) < 4.78 is 12.0. The van der Waals surface area contributed by atoms with Gasteiger partial charge < -0.3 is 19.7 Å². The molecule has 0 heterocycles. The molecule has 4 aromatic rings. The zero-order chi connectivity index (χ0) is 33.6. The smallest absolute Gasteiger partial charge is 0.150 e. The minimum atomic E-state index is -0.212. The molecular formula is C40H44O6. The first-order valence-electron chi connectivity index (χ1n) is 15.7. The number of aldehydes is 2. The molecule has 0 spiro atoms. The fraction of sp³-hybridized carbons (Fsp3) is 0.350. The summed E-state index contributed by atoms with van der Waals surface area (Å²) in [6.45, 7) is 12.8. The number of phenols is 2. The molecule has 0 saturated carbocycles. The number of aromatic hydroxyl groups is 2. The Hall–Kier alpha value is -4.58. The lowest BCUT2D eigenvalue weighted by Crippen LogP contribution is -2.14. The lowest BCUT2D eigenvalue weighted by atomic mass is 9.81. The maximum absolute atomic E-state index is 12.2. The third kappa shape index (κ3) is 6.39. The molecule has 4 aromatic carbocycles. The number of methoxy groups -OCH3 is 2. The van der Waals surface area contributed by atoms with Crippen molar-refractivity contribution in [1.82, 2.24) is 0 Å². The van der Waals surface area contributed by atoms with E-state index in [9.17, 15) is 19.8 Å². The highest BCUT2D eigenvalue weighted by Crippen LogP contribution is 2.41. The maximum atomic E-state index is 12.2. The van der Waals surface area contributed by atoms with Crippen molar-refractivity contribution in [3.8, 4) is 23.0 Å². The second-order valence-corrected chi connectivity index (χ2v) is 14.5. The second-order valence-electron chi connectivity index (χ2n) is 14.5. The van der Waals surface area contributed by atoms with Crippen molar-refractivity contribution >= 4 is 12.6 Å². The summed E-state index contributed by atoms with van der Waals surface area (Å²) in [6.07, 6.45) is 2.89. The van der Waals surface area contributed by atoms with Gasteiger partial charge in [0.15, 0.2) is 0 Å². The van der Waals surface area contributed by atoms with Crippen LogP contribution in [0.3, 0.4) is 0 Å². The van der Waals surface area contributed by atoms with Crippen LogP contribution in [0.2, 0.25) is 0 Å². The van der Waals surface area contributed by atoms with Gasteiger partial charge in [-0.15, -0.1) is 0 Å². The Balaban J connectivity index is 1.89. The van der Waals surface area contributed by atoms with E-state index in [0.717, 1.165) is 46.0 Å². The Labute approximate surface area is 272 Å². The van der Waals surface area contributed by atoms with Crippen LogP contribution in [0.15, 0.2) is 48.5 Å². The number of benzene rings is 4. The zero-order valence-corrected chi connectivity index (χ0v) is 28.1. The predicted molar refractivity (Wildman–Crippen MR) is 182 cm³/mol. The van der Waals surface area contributed by atoms with Crippen LogP contribution < -0.4 is 9.47 Å². The van der Waals surface area contributed by atoms with E-state index >= 15 is 0 Å². The third-order valence-electron chi connectivity index (χ3n) is 9.00. The number of phenolic OH excluding ortho intramolecular Hbond substituents is 2. The van der Waals surface area contributed by atoms with Crippen LogP contribution in [0.4, 0.5) is 0 Å². The summed E-state index contributed by atoms with van der Waals surface area (Å²) in [7, 11) is 3.23. The van der Waals surface area contributed by atoms with E-state index in [1.165, 1.54) is 0 Å². The normalized spacial score (nSPS) is 13.2. The molecule has 0 amide bonds. The number of carbonyl (C=O) groups is 2. The van der Waals surface area contributed by atoms with Crippen LogP contribution in [-0.4, -0.2) is 37.0 Å². The highest BCUT2D eigenvalue weighted by molar-refractivity contribution is 5.78. The van der Waals surface area contributed by atoms with Crippen molar-refractivity contribution in [2.24, 2.45) is 0 Å². The quantitative estimate of drug-likeness (QED) is 0.198. The van der Waals surface area contributed by atoms with Gasteiger partial charge in [-0.3, -0.25) is 9.59 Å². The van der Waals surface area contributed by atoms with E-state index in [1.54, 1.807) is 38.5 Å². The van der Waals surface area contributed by atoms with Crippen LogP contribution in [0.25, 0.3) is 0 Å². The van der Waals surface area contributed by atoms with Crippen molar-refractivity contribution in [2.45, 2.75) is 78.1 Å². The van der Waals surface area contributed by atoms with E-state index in [4.69, 9.17) is 9.47 Å². The van der Waals surface area contributed by atoms with Crippen molar-refractivity contribution in [2.75, 3.05) is 14.2 Å². The van der Waals surface area contributed by atoms with Crippen LogP contribution in [0, 0.1) is 0 Å². The Bertz CT molecular complexity index is 1600. The van der Waals surface area contributed by atoms with E-state index in [0.29, 0.717) is 70.6 Å². The van der Waals surface area contributed by atoms with Gasteiger partial charge in [-0.05, 0) is 90.7 Å². The van der Waals surface area contributed by atoms with Gasteiger partial charge in [0.2, 0.25) is 0 Å². The zero-order valence-electron chi connectivity index (χ0n) is 28.1. The molecule has 8 bridgehead atoms. The summed E-state index contributed by atoms with van der Waals surface area (Å²) in [5, 5.41) is 23.5. The summed E-state index contributed by atoms with van der Waals surface area (Å²) in [6, 6.07) is 15.3. The summed E-state index contributed by atoms with van der Waals surface area (Å²) >= 11 is 0. The molecule has 1 aliphatic carbocycles. The van der Waals surface area contributed by atoms with Gasteiger partial charge >= 0.3 is 0 Å². The largest absolute Gasteiger partial charge is 0.507 e. The highest BCUT2D eigenvalue weighted by atomic mass is 16.5. The van der Waals surface area contributed by atoms with Gasteiger partial charge in [0.05, 0.1) is 14.2 Å². The van der Waals surface area contributed by atoms with Gasteiger partial charge in [0.1, 0.15) is 35.6 Å². The molecule has 6 heteroatoms. The van der Waals surface area contributed by atoms with Gasteiger partial charge in [-0.2, -0.15) is 0 Å². The molecule has 2 N–H and O–H groups in total. The van der Waals surface area contributed by atoms with Crippen molar-refractivity contribution in [3.05, 3.63) is 115 Å². The predicted octanol–water partition coefficient (Wildman–Crippen LogP) is 8.01. The van der Waals surface area contributed by atoms with Crippen LogP contribution >= 0.6 is 0 Å². The molecule has 0 saturated heterocycles. The van der Waals surface area contributed by atoms with E-state index in [-0.39, 0.29) is 22.3 Å². The molecule has 5 rings (SSSR count). The fourth-order valence-electron chi connectivity index (χ4n) is 6.49. The lowest BCUT2D eigenvalue weighted by Gasteiger charge is -2.26. The Morgan fingerprint density at radius 3 is 0.957 bits per heavy atom. The average Bonchev–Trinajstić information content (AvgIpc) is 2.99. The molecular weight excluding hydrogens is 576 g/mol. The number of ether oxygens (including phenoxy) is 2. The second kappa shape index (κ2) is 12.3. The van der Waals surface area contributed by atoms with Gasteiger partial charge in [0, 0.05) is 36.8 Å². The fourth-order valence-corrected chi connectivity index (χ4v) is 6.49. The number of hydrogen-bond acceptors (Lipinski definition) is 6. The molecule has 46 heavy (non-hydrogen) atoms. The average molecular weight is 621 g/mol. The van der Waals surface area contributed by atoms with Gasteiger partial charge in [-0.25, -0.2) is 0 Å². The van der Waals surface area contributed by atoms with Crippen LogP contribution in [0.1, 0.15) is 118 Å². The molecule has 0 aromatic heterocycles. The molecule has 0 unspecified atom stereocenters. The Morgan fingerprint density at radius 1 is 0.500 bits per heavy atom. The maximum Gasteiger partial charge on any atom is 0.150 e. The Kier molecular flexibility index (Phi) is 8.78. The standard InChI is InChI=1S/C40H44O6/c1-39(2,3)33-17-29-13-25-9-23(21-41)11-27(35(25)43)15-31-19-34(40(4,5)6)20-32(38(31)46-8)16-28-12-24(22-42)10-26(36(28)44)14-30(18-33)37(29)45-7/h9-12,17-22,43-44H,13-16H2,1-8H3. The van der Waals surface area contributed by atoms with E-state index in [2.05, 4.69) is 65.8 Å². The number of hydrogen-bond donors (Lipinski definition) is 2. The first-order chi connectivity index (χ1) is 21.7. The number of rotatable bonds is 4. The molecule has 240 valence electrons. The highest BCUT2D eigenvalue weighted by Gasteiger charge is 2.26. The number of carbonyl (C=O) groups excluding carboxylic acids is 2. The summed E-state index contributed by atoms with van der Waals surface area (Å²) in [5.74, 6) is 1.53. The summed E-state index contributed by atoms with van der Waals surface area (Å²) in [4.78, 5) is 24.4. The molecule has 0 aliphatic heterocycles. The summed E-state index contributed by atoms with van der Waals surface area (Å²) in [5.41, 5.74) is 8.49. The first-order valence-corrected chi connectivity index (χ1v) is 15.7. The van der Waals surface area contributed by atoms with Crippen molar-refractivity contribution in [3.63, 3.8) is 0 Å². The van der Waals surface area contributed by atoms with E-state index < -0.39 is 0 Å². The van der Waals surface area contributed by atoms with E-state index in [1.807, 2.05) is 0 Å². The monoisotopic (exact) mass is 620 g/mol. The van der Waals surface area contributed by atoms with Crippen LogP contribution in [0.5, 0.6) is 23.0 Å². The molecule has 1 aliphatic rings. The van der Waals surface area contributed by atoms with Gasteiger partial charge in [0.25, 0.3) is 0 Å². The topological polar surface area (TPSA) is 93.1 Å². The minimum absolute atomic E-state index is 0.130. The van der Waals surface area contributed by atoms with Crippen LogP contribution in [-0.2, 0) is 36.5 Å². The molecule has 0 atom stereocenters. The Morgan fingerprint density at radius 2 is 0.761 bits per heavy atom. The molecule has 0 radical (unpaired) electrons. The van der Waals surface area contributed by atoms with Gasteiger partial charge in [-0.1, -0.05) is 65.8 Å². The SMILES string of the molecule is COc1c2cc(C(C)(C)C)cc1Cc1cc(C=O)cc(c1O)Cc1cc(C(C)(C)C)cc(c1OC)Cc1cc(C=O)cc(c1O)C2. The molecule has 0 fully saturated rings. The minimum Gasteiger partial charge on any atom is -0.507 e. The van der Waals surface area contributed by atoms with Crippen molar-refractivity contribution < 1.29 is 29.3 Å².